The molecule has 10 nitrogen and oxygen atoms in total. The molecule has 0 saturated carbocycles. The number of carboxylic acids is 1. The molecule has 11 heteroatoms. The van der Waals surface area contributed by atoms with Crippen LogP contribution in [0.5, 0.6) is 5.88 Å². The number of carboxylic acid groups (broad SMARTS) is 1. The highest BCUT2D eigenvalue weighted by atomic mass is 32.2. The largest absolute Gasteiger partial charge is 0.481 e. The third-order valence-electron chi connectivity index (χ3n) is 5.85. The van der Waals surface area contributed by atoms with Crippen LogP contribution in [0.15, 0.2) is 71.7 Å². The van der Waals surface area contributed by atoms with Crippen molar-refractivity contribution >= 4 is 26.7 Å². The highest BCUT2D eigenvalue weighted by molar-refractivity contribution is 7.92. The number of hydrogen-bond acceptors (Lipinski definition) is 8. The minimum Gasteiger partial charge on any atom is -0.481 e. The smallest absolute Gasteiger partial charge is 0.321 e. The molecule has 1 atom stereocenters. The van der Waals surface area contributed by atoms with E-state index in [0.717, 1.165) is 21.4 Å². The van der Waals surface area contributed by atoms with Crippen molar-refractivity contribution in [3.63, 3.8) is 0 Å². The summed E-state index contributed by atoms with van der Waals surface area (Å²) in [5, 5.41) is 16.0. The topological polar surface area (TPSA) is 141 Å². The Morgan fingerprint density at radius 3 is 2.44 bits per heavy atom. The number of aromatic nitrogens is 4. The van der Waals surface area contributed by atoms with Gasteiger partial charge in [-0.25, -0.2) is 18.1 Å². The number of aliphatic carboxylic acids is 1. The van der Waals surface area contributed by atoms with Crippen molar-refractivity contribution in [3.8, 4) is 17.0 Å². The summed E-state index contributed by atoms with van der Waals surface area (Å²) in [6.45, 7) is -0.183. The maximum atomic E-state index is 12.9. The monoisotopic (exact) mass is 508 g/mol. The predicted molar refractivity (Wildman–Crippen MR) is 134 cm³/mol. The van der Waals surface area contributed by atoms with Crippen LogP contribution in [0.2, 0.25) is 0 Å². The molecular weight excluding hydrogens is 484 g/mol. The molecule has 2 aromatic heterocycles. The Hall–Kier alpha value is -4.12. The molecule has 0 fully saturated rings. The lowest BCUT2D eigenvalue weighted by atomic mass is 10.0. The SMILES string of the molecule is COc1ccc(-c2ccc(CCS(=O)(=O)C(CCn3nnc4ccccc4c3=O)C(=O)O)cc2)cn1. The summed E-state index contributed by atoms with van der Waals surface area (Å²) >= 11 is 0. The third kappa shape index (κ3) is 5.57. The zero-order valence-electron chi connectivity index (χ0n) is 19.4. The second-order valence-electron chi connectivity index (χ2n) is 8.15. The maximum absolute atomic E-state index is 12.9. The molecule has 0 spiro atoms. The first kappa shape index (κ1) is 25.0. The van der Waals surface area contributed by atoms with Crippen LogP contribution < -0.4 is 10.3 Å². The summed E-state index contributed by atoms with van der Waals surface area (Å²) in [6, 6.07) is 17.6. The van der Waals surface area contributed by atoms with Gasteiger partial charge >= 0.3 is 5.97 Å². The summed E-state index contributed by atoms with van der Waals surface area (Å²) in [4.78, 5) is 28.6. The quantitative estimate of drug-likeness (QED) is 0.342. The number of fused-ring (bicyclic) bond motifs is 1. The summed E-state index contributed by atoms with van der Waals surface area (Å²) < 4.78 is 31.8. The molecule has 4 rings (SSSR count). The molecule has 0 aliphatic heterocycles. The van der Waals surface area contributed by atoms with Gasteiger partial charge in [0.1, 0.15) is 5.52 Å². The van der Waals surface area contributed by atoms with Gasteiger partial charge in [0.2, 0.25) is 5.88 Å². The molecule has 0 radical (unpaired) electrons. The first-order chi connectivity index (χ1) is 17.3. The summed E-state index contributed by atoms with van der Waals surface area (Å²) in [5.74, 6) is -1.30. The van der Waals surface area contributed by atoms with Crippen molar-refractivity contribution in [2.75, 3.05) is 12.9 Å². The number of sulfone groups is 1. The van der Waals surface area contributed by atoms with Crippen LogP contribution in [0, 0.1) is 0 Å². The fourth-order valence-corrected chi connectivity index (χ4v) is 5.38. The van der Waals surface area contributed by atoms with Crippen LogP contribution >= 0.6 is 0 Å². The van der Waals surface area contributed by atoms with Crippen molar-refractivity contribution in [3.05, 3.63) is 82.8 Å². The van der Waals surface area contributed by atoms with Gasteiger partial charge in [-0.2, -0.15) is 0 Å². The minimum atomic E-state index is -4.00. The van der Waals surface area contributed by atoms with E-state index in [2.05, 4.69) is 15.3 Å². The number of rotatable bonds is 10. The first-order valence-electron chi connectivity index (χ1n) is 11.1. The number of methoxy groups -OCH3 is 1. The molecule has 2 heterocycles. The predicted octanol–water partition coefficient (Wildman–Crippen LogP) is 2.36. The van der Waals surface area contributed by atoms with Crippen molar-refractivity contribution in [1.82, 2.24) is 20.0 Å². The van der Waals surface area contributed by atoms with E-state index in [1.54, 1.807) is 48.7 Å². The normalized spacial score (nSPS) is 12.4. The van der Waals surface area contributed by atoms with E-state index < -0.39 is 26.6 Å². The Morgan fingerprint density at radius 1 is 1.06 bits per heavy atom. The standard InChI is InChI=1S/C25H24N4O6S/c1-35-23-11-10-19(16-26-23)18-8-6-17(7-9-18)13-15-36(33,34)22(25(31)32)12-14-29-24(30)20-4-2-3-5-21(20)27-28-29/h2-11,16,22H,12-15H2,1H3,(H,31,32). The second kappa shape index (κ2) is 10.6. The van der Waals surface area contributed by atoms with E-state index in [1.807, 2.05) is 18.2 Å². The molecule has 1 N–H and O–H groups in total. The van der Waals surface area contributed by atoms with Gasteiger partial charge in [0.25, 0.3) is 5.56 Å². The molecule has 0 amide bonds. The molecule has 0 bridgehead atoms. The summed E-state index contributed by atoms with van der Waals surface area (Å²) in [6.07, 6.45) is 1.54. The van der Waals surface area contributed by atoms with Gasteiger partial charge in [-0.3, -0.25) is 9.59 Å². The lowest BCUT2D eigenvalue weighted by Gasteiger charge is -2.14. The Kier molecular flexibility index (Phi) is 7.39. The van der Waals surface area contributed by atoms with Gasteiger partial charge in [0.05, 0.1) is 18.2 Å². The van der Waals surface area contributed by atoms with Gasteiger partial charge in [-0.1, -0.05) is 41.6 Å². The number of pyridine rings is 1. The van der Waals surface area contributed by atoms with E-state index in [-0.39, 0.29) is 25.1 Å². The lowest BCUT2D eigenvalue weighted by Crippen LogP contribution is -2.35. The van der Waals surface area contributed by atoms with Crippen molar-refractivity contribution < 1.29 is 23.1 Å². The van der Waals surface area contributed by atoms with Crippen molar-refractivity contribution in [2.45, 2.75) is 24.6 Å². The van der Waals surface area contributed by atoms with E-state index in [4.69, 9.17) is 4.74 Å². The number of carbonyl (C=O) groups is 1. The molecule has 0 aliphatic rings. The Bertz CT molecular complexity index is 1530. The molecule has 0 saturated heterocycles. The van der Waals surface area contributed by atoms with E-state index >= 15 is 0 Å². The van der Waals surface area contributed by atoms with Crippen LogP contribution in [-0.4, -0.2) is 57.6 Å². The average Bonchev–Trinajstić information content (AvgIpc) is 2.89. The maximum Gasteiger partial charge on any atom is 0.321 e. The summed E-state index contributed by atoms with van der Waals surface area (Å²) in [5.41, 5.74) is 2.50. The highest BCUT2D eigenvalue weighted by Crippen LogP contribution is 2.21. The van der Waals surface area contributed by atoms with E-state index in [0.29, 0.717) is 16.8 Å². The molecule has 186 valence electrons. The van der Waals surface area contributed by atoms with Crippen LogP contribution in [-0.2, 0) is 27.6 Å². The zero-order chi connectivity index (χ0) is 25.7. The zero-order valence-corrected chi connectivity index (χ0v) is 20.3. The van der Waals surface area contributed by atoms with Gasteiger partial charge < -0.3 is 9.84 Å². The van der Waals surface area contributed by atoms with Gasteiger partial charge in [0, 0.05) is 24.4 Å². The Balaban J connectivity index is 1.42. The molecule has 2 aromatic carbocycles. The second-order valence-corrected chi connectivity index (χ2v) is 10.5. The number of aryl methyl sites for hydroxylation is 2. The number of hydrogen-bond donors (Lipinski definition) is 1. The van der Waals surface area contributed by atoms with Gasteiger partial charge in [0.15, 0.2) is 15.1 Å². The van der Waals surface area contributed by atoms with Crippen LogP contribution in [0.1, 0.15) is 12.0 Å². The molecule has 4 aromatic rings. The van der Waals surface area contributed by atoms with Crippen LogP contribution in [0.3, 0.4) is 0 Å². The van der Waals surface area contributed by atoms with Crippen molar-refractivity contribution in [1.29, 1.82) is 0 Å². The van der Waals surface area contributed by atoms with Gasteiger partial charge in [-0.15, -0.1) is 5.10 Å². The number of benzene rings is 2. The highest BCUT2D eigenvalue weighted by Gasteiger charge is 2.32. The van der Waals surface area contributed by atoms with Crippen LogP contribution in [0.4, 0.5) is 0 Å². The fourth-order valence-electron chi connectivity index (χ4n) is 3.80. The van der Waals surface area contributed by atoms with Crippen LogP contribution in [0.25, 0.3) is 22.0 Å². The van der Waals surface area contributed by atoms with E-state index in [1.165, 1.54) is 7.11 Å². The lowest BCUT2D eigenvalue weighted by molar-refractivity contribution is -0.136. The molecule has 1 unspecified atom stereocenters. The molecular formula is C25H24N4O6S. The first-order valence-corrected chi connectivity index (χ1v) is 12.9. The minimum absolute atomic E-state index is 0.156. The Labute approximate surface area is 207 Å². The summed E-state index contributed by atoms with van der Waals surface area (Å²) in [7, 11) is -2.46. The third-order valence-corrected chi connectivity index (χ3v) is 7.93. The molecule has 36 heavy (non-hydrogen) atoms. The van der Waals surface area contributed by atoms with Crippen molar-refractivity contribution in [2.24, 2.45) is 0 Å². The number of nitrogens with zero attached hydrogens (tertiary/aromatic N) is 4. The van der Waals surface area contributed by atoms with E-state index in [9.17, 15) is 23.1 Å². The average molecular weight is 509 g/mol. The molecule has 0 aliphatic carbocycles. The van der Waals surface area contributed by atoms with Gasteiger partial charge in [-0.05, 0) is 42.2 Å². The Morgan fingerprint density at radius 2 is 1.78 bits per heavy atom. The fraction of sp³-hybridized carbons (Fsp3) is 0.240. The number of ether oxygens (including phenoxy) is 1.